The second kappa shape index (κ2) is 7.84. The zero-order chi connectivity index (χ0) is 15.2. The van der Waals surface area contributed by atoms with E-state index in [2.05, 4.69) is 45.1 Å². The Morgan fingerprint density at radius 2 is 1.90 bits per heavy atom. The van der Waals surface area contributed by atoms with Crippen molar-refractivity contribution in [3.05, 3.63) is 28.8 Å². The van der Waals surface area contributed by atoms with Crippen molar-refractivity contribution in [1.82, 2.24) is 5.32 Å². The number of hydrogen-bond donors (Lipinski definition) is 1. The molecule has 1 aromatic rings. The van der Waals surface area contributed by atoms with E-state index in [9.17, 15) is 0 Å². The molecule has 0 radical (unpaired) electrons. The van der Waals surface area contributed by atoms with Gasteiger partial charge in [-0.05, 0) is 75.6 Å². The topological polar surface area (TPSA) is 21.3 Å². The van der Waals surface area contributed by atoms with Gasteiger partial charge in [0, 0.05) is 6.04 Å². The summed E-state index contributed by atoms with van der Waals surface area (Å²) in [4.78, 5) is 0. The number of benzene rings is 1. The molecule has 0 aromatic heterocycles. The summed E-state index contributed by atoms with van der Waals surface area (Å²) in [6.45, 7) is 10.7. The number of hydrogen-bond acceptors (Lipinski definition) is 2. The smallest absolute Gasteiger partial charge is 0.125 e. The van der Waals surface area contributed by atoms with Gasteiger partial charge in [-0.15, -0.1) is 0 Å². The minimum atomic E-state index is 0.716. The van der Waals surface area contributed by atoms with Crippen LogP contribution in [0.4, 0.5) is 0 Å². The SMILES string of the molecule is CCCNC1CCCC1CCOc1c(C)ccc(C)c1C. The van der Waals surface area contributed by atoms with E-state index in [1.807, 2.05) is 0 Å². The number of aryl methyl sites for hydroxylation is 2. The van der Waals surface area contributed by atoms with Gasteiger partial charge in [0.05, 0.1) is 6.61 Å². The van der Waals surface area contributed by atoms with E-state index in [1.54, 1.807) is 0 Å². The Balaban J connectivity index is 1.85. The van der Waals surface area contributed by atoms with Crippen LogP contribution in [0.25, 0.3) is 0 Å². The molecule has 118 valence electrons. The first-order valence-corrected chi connectivity index (χ1v) is 8.56. The Hall–Kier alpha value is -1.02. The number of rotatable bonds is 7. The third kappa shape index (κ3) is 4.23. The third-order valence-electron chi connectivity index (χ3n) is 4.92. The summed E-state index contributed by atoms with van der Waals surface area (Å²) in [6.07, 6.45) is 6.47. The predicted octanol–water partition coefficient (Wildman–Crippen LogP) is 4.55. The molecule has 21 heavy (non-hydrogen) atoms. The summed E-state index contributed by atoms with van der Waals surface area (Å²) in [5.41, 5.74) is 3.87. The maximum Gasteiger partial charge on any atom is 0.125 e. The lowest BCUT2D eigenvalue weighted by Crippen LogP contribution is -2.33. The molecule has 1 fully saturated rings. The van der Waals surface area contributed by atoms with E-state index in [1.165, 1.54) is 48.8 Å². The minimum Gasteiger partial charge on any atom is -0.493 e. The standard InChI is InChI=1S/C19H31NO/c1-5-12-20-18-8-6-7-17(18)11-13-21-19-15(3)10-9-14(2)16(19)4/h9-10,17-18,20H,5-8,11-13H2,1-4H3. The van der Waals surface area contributed by atoms with Crippen LogP contribution in [0.15, 0.2) is 12.1 Å². The van der Waals surface area contributed by atoms with Crippen LogP contribution in [-0.2, 0) is 0 Å². The average Bonchev–Trinajstić information content (AvgIpc) is 2.92. The first kappa shape index (κ1) is 16.4. The van der Waals surface area contributed by atoms with Crippen molar-refractivity contribution >= 4 is 0 Å². The second-order valence-electron chi connectivity index (χ2n) is 6.54. The molecule has 0 bridgehead atoms. The molecule has 2 unspecified atom stereocenters. The van der Waals surface area contributed by atoms with Crippen molar-refractivity contribution in [2.75, 3.05) is 13.2 Å². The highest BCUT2D eigenvalue weighted by Crippen LogP contribution is 2.30. The molecule has 0 saturated heterocycles. The monoisotopic (exact) mass is 289 g/mol. The maximum atomic E-state index is 6.14. The minimum absolute atomic E-state index is 0.716. The molecular weight excluding hydrogens is 258 g/mol. The number of nitrogens with one attached hydrogen (secondary N) is 1. The largest absolute Gasteiger partial charge is 0.493 e. The molecule has 2 nitrogen and oxygen atoms in total. The Morgan fingerprint density at radius 1 is 1.14 bits per heavy atom. The van der Waals surface area contributed by atoms with Crippen LogP contribution in [0.1, 0.15) is 55.7 Å². The second-order valence-corrected chi connectivity index (χ2v) is 6.54. The van der Waals surface area contributed by atoms with Crippen molar-refractivity contribution in [2.45, 2.75) is 65.8 Å². The number of ether oxygens (including phenoxy) is 1. The summed E-state index contributed by atoms with van der Waals surface area (Å²) in [7, 11) is 0. The lowest BCUT2D eigenvalue weighted by Gasteiger charge is -2.21. The molecule has 1 saturated carbocycles. The van der Waals surface area contributed by atoms with Gasteiger partial charge in [0.25, 0.3) is 0 Å². The lowest BCUT2D eigenvalue weighted by molar-refractivity contribution is 0.257. The molecule has 2 heteroatoms. The molecule has 0 spiro atoms. The van der Waals surface area contributed by atoms with Gasteiger partial charge in [0.2, 0.25) is 0 Å². The highest BCUT2D eigenvalue weighted by molar-refractivity contribution is 5.44. The fourth-order valence-electron chi connectivity index (χ4n) is 3.44. The van der Waals surface area contributed by atoms with Crippen LogP contribution in [0.5, 0.6) is 5.75 Å². The van der Waals surface area contributed by atoms with Crippen LogP contribution >= 0.6 is 0 Å². The Kier molecular flexibility index (Phi) is 6.10. The van der Waals surface area contributed by atoms with Gasteiger partial charge in [-0.1, -0.05) is 25.5 Å². The summed E-state index contributed by atoms with van der Waals surface area (Å²) in [5, 5.41) is 3.71. The van der Waals surface area contributed by atoms with E-state index >= 15 is 0 Å². The van der Waals surface area contributed by atoms with Crippen molar-refractivity contribution in [3.8, 4) is 5.75 Å². The van der Waals surface area contributed by atoms with Gasteiger partial charge in [-0.25, -0.2) is 0 Å². The molecule has 0 heterocycles. The van der Waals surface area contributed by atoms with E-state index in [-0.39, 0.29) is 0 Å². The summed E-state index contributed by atoms with van der Waals surface area (Å²) in [5.74, 6) is 1.90. The molecule has 0 amide bonds. The molecule has 0 aliphatic heterocycles. The van der Waals surface area contributed by atoms with Gasteiger partial charge in [-0.3, -0.25) is 0 Å². The highest BCUT2D eigenvalue weighted by Gasteiger charge is 2.26. The van der Waals surface area contributed by atoms with Crippen molar-refractivity contribution < 1.29 is 4.74 Å². The molecule has 1 aromatic carbocycles. The Bertz CT molecular complexity index is 455. The summed E-state index contributed by atoms with van der Waals surface area (Å²) < 4.78 is 6.14. The van der Waals surface area contributed by atoms with Gasteiger partial charge in [0.1, 0.15) is 5.75 Å². The van der Waals surface area contributed by atoms with Crippen LogP contribution < -0.4 is 10.1 Å². The summed E-state index contributed by atoms with van der Waals surface area (Å²) in [6, 6.07) is 5.06. The van der Waals surface area contributed by atoms with Crippen LogP contribution in [-0.4, -0.2) is 19.2 Å². The lowest BCUT2D eigenvalue weighted by atomic mass is 10.00. The van der Waals surface area contributed by atoms with Gasteiger partial charge >= 0.3 is 0 Å². The normalized spacial score (nSPS) is 21.7. The third-order valence-corrected chi connectivity index (χ3v) is 4.92. The molecular formula is C19H31NO. The first-order chi connectivity index (χ1) is 10.1. The fraction of sp³-hybridized carbons (Fsp3) is 0.684. The Labute approximate surface area is 130 Å². The van der Waals surface area contributed by atoms with E-state index in [0.717, 1.165) is 24.8 Å². The van der Waals surface area contributed by atoms with Crippen molar-refractivity contribution in [2.24, 2.45) is 5.92 Å². The Morgan fingerprint density at radius 3 is 2.67 bits per heavy atom. The molecule has 1 aliphatic carbocycles. The molecule has 1 aliphatic rings. The average molecular weight is 289 g/mol. The molecule has 2 atom stereocenters. The first-order valence-electron chi connectivity index (χ1n) is 8.56. The van der Waals surface area contributed by atoms with E-state index in [0.29, 0.717) is 6.04 Å². The van der Waals surface area contributed by atoms with Gasteiger partial charge in [0.15, 0.2) is 0 Å². The quantitative estimate of drug-likeness (QED) is 0.795. The van der Waals surface area contributed by atoms with Crippen LogP contribution in [0.2, 0.25) is 0 Å². The van der Waals surface area contributed by atoms with Crippen LogP contribution in [0.3, 0.4) is 0 Å². The molecule has 2 rings (SSSR count). The van der Waals surface area contributed by atoms with E-state index < -0.39 is 0 Å². The van der Waals surface area contributed by atoms with Crippen molar-refractivity contribution in [1.29, 1.82) is 0 Å². The fourth-order valence-corrected chi connectivity index (χ4v) is 3.44. The zero-order valence-corrected chi connectivity index (χ0v) is 14.2. The summed E-state index contributed by atoms with van der Waals surface area (Å²) >= 11 is 0. The highest BCUT2D eigenvalue weighted by atomic mass is 16.5. The van der Waals surface area contributed by atoms with E-state index in [4.69, 9.17) is 4.74 Å². The zero-order valence-electron chi connectivity index (χ0n) is 14.2. The van der Waals surface area contributed by atoms with Gasteiger partial charge < -0.3 is 10.1 Å². The predicted molar refractivity (Wildman–Crippen MR) is 90.2 cm³/mol. The van der Waals surface area contributed by atoms with Crippen molar-refractivity contribution in [3.63, 3.8) is 0 Å². The van der Waals surface area contributed by atoms with Crippen LogP contribution in [0, 0.1) is 26.7 Å². The molecule has 1 N–H and O–H groups in total. The van der Waals surface area contributed by atoms with Gasteiger partial charge in [-0.2, -0.15) is 0 Å². The maximum absolute atomic E-state index is 6.14.